The largest absolute Gasteiger partial charge is 0.491 e. The maximum atomic E-state index is 9.95. The van der Waals surface area contributed by atoms with E-state index in [4.69, 9.17) is 51.1 Å². The molecule has 2 aromatic carbocycles. The quantitative estimate of drug-likeness (QED) is 0.748. The zero-order chi connectivity index (χ0) is 16.8. The van der Waals surface area contributed by atoms with Crippen LogP contribution in [0.1, 0.15) is 5.56 Å². The number of hydrogen-bond acceptors (Lipinski definition) is 2. The molecule has 0 amide bonds. The number of ether oxygens (including phenoxy) is 1. The molecule has 2 rings (SSSR count). The summed E-state index contributed by atoms with van der Waals surface area (Å²) < 4.78 is 5.49. The third kappa shape index (κ3) is 6.38. The van der Waals surface area contributed by atoms with Crippen molar-refractivity contribution in [2.75, 3.05) is 13.2 Å². The first-order chi connectivity index (χ1) is 10.9. The first kappa shape index (κ1) is 18.7. The van der Waals surface area contributed by atoms with Crippen LogP contribution in [0.5, 0.6) is 5.75 Å². The van der Waals surface area contributed by atoms with Crippen molar-refractivity contribution in [3.8, 4) is 5.75 Å². The minimum atomic E-state index is -0.612. The van der Waals surface area contributed by atoms with E-state index in [1.807, 2.05) is 17.4 Å². The number of aliphatic hydroxyl groups is 1. The summed E-state index contributed by atoms with van der Waals surface area (Å²) >= 11 is 23.6. The molecule has 0 aliphatic heterocycles. The van der Waals surface area contributed by atoms with E-state index in [9.17, 15) is 5.11 Å². The van der Waals surface area contributed by atoms with Gasteiger partial charge in [-0.1, -0.05) is 46.4 Å². The van der Waals surface area contributed by atoms with Crippen LogP contribution in [0.25, 0.3) is 0 Å². The van der Waals surface area contributed by atoms with Gasteiger partial charge in [-0.3, -0.25) is 0 Å². The monoisotopic (exact) mass is 394 g/mol. The molecule has 0 fully saturated rings. The number of halogens is 4. The molecule has 7 heteroatoms. The normalized spacial score (nSPS) is 12.2. The highest BCUT2D eigenvalue weighted by Gasteiger charge is 2.09. The number of rotatable bonds is 7. The standard InChI is InChI=1S/C16H15Cl4NO2/c17-11-3-10(4-12(18)5-11)7-21-8-13(22)9-23-14-1-2-15(19)16(20)6-14/h1-6,13,21-22H,7-9H2/p+1/t13-/m0/s1. The zero-order valence-corrected chi connectivity index (χ0v) is 15.1. The summed E-state index contributed by atoms with van der Waals surface area (Å²) in [5.74, 6) is 0.570. The summed E-state index contributed by atoms with van der Waals surface area (Å²) in [6.07, 6.45) is -0.612. The van der Waals surface area contributed by atoms with E-state index < -0.39 is 6.10 Å². The summed E-state index contributed by atoms with van der Waals surface area (Å²) in [7, 11) is 0. The van der Waals surface area contributed by atoms with Crippen molar-refractivity contribution in [2.45, 2.75) is 12.6 Å². The van der Waals surface area contributed by atoms with Crippen LogP contribution in [0.2, 0.25) is 20.1 Å². The third-order valence-electron chi connectivity index (χ3n) is 3.07. The minimum Gasteiger partial charge on any atom is -0.491 e. The lowest BCUT2D eigenvalue weighted by Crippen LogP contribution is -2.85. The topological polar surface area (TPSA) is 46.1 Å². The summed E-state index contributed by atoms with van der Waals surface area (Å²) in [4.78, 5) is 0. The van der Waals surface area contributed by atoms with E-state index in [-0.39, 0.29) is 6.61 Å². The summed E-state index contributed by atoms with van der Waals surface area (Å²) in [5, 5.41) is 14.0. The van der Waals surface area contributed by atoms with Gasteiger partial charge in [-0.15, -0.1) is 0 Å². The van der Waals surface area contributed by atoms with Gasteiger partial charge in [-0.05, 0) is 30.3 Å². The van der Waals surface area contributed by atoms with Gasteiger partial charge in [0.05, 0.1) is 10.0 Å². The van der Waals surface area contributed by atoms with Gasteiger partial charge in [0.15, 0.2) is 0 Å². The predicted molar refractivity (Wildman–Crippen MR) is 94.9 cm³/mol. The van der Waals surface area contributed by atoms with Crippen LogP contribution in [-0.2, 0) is 6.54 Å². The molecular weight excluding hydrogens is 380 g/mol. The molecular formula is C16H16Cl4NO2+. The van der Waals surface area contributed by atoms with Gasteiger partial charge >= 0.3 is 0 Å². The lowest BCUT2D eigenvalue weighted by molar-refractivity contribution is -0.676. The Bertz CT molecular complexity index is 646. The van der Waals surface area contributed by atoms with Crippen LogP contribution >= 0.6 is 46.4 Å². The summed E-state index contributed by atoms with van der Waals surface area (Å²) in [6, 6.07) is 10.4. The van der Waals surface area contributed by atoms with Gasteiger partial charge in [0.1, 0.15) is 31.5 Å². The summed E-state index contributed by atoms with van der Waals surface area (Å²) in [6.45, 7) is 1.33. The number of aliphatic hydroxyl groups excluding tert-OH is 1. The molecule has 124 valence electrons. The van der Waals surface area contributed by atoms with Gasteiger partial charge in [-0.2, -0.15) is 0 Å². The van der Waals surface area contributed by atoms with E-state index >= 15 is 0 Å². The molecule has 3 N–H and O–H groups in total. The fourth-order valence-corrected chi connectivity index (χ4v) is 2.86. The Morgan fingerprint density at radius 3 is 2.30 bits per heavy atom. The molecule has 0 spiro atoms. The number of benzene rings is 2. The number of hydrogen-bond donors (Lipinski definition) is 2. The highest BCUT2D eigenvalue weighted by molar-refractivity contribution is 6.42. The van der Waals surface area contributed by atoms with E-state index in [1.165, 1.54) is 0 Å². The molecule has 0 saturated carbocycles. The molecule has 0 unspecified atom stereocenters. The van der Waals surface area contributed by atoms with Crippen molar-refractivity contribution in [3.05, 3.63) is 62.1 Å². The van der Waals surface area contributed by atoms with Crippen molar-refractivity contribution in [1.29, 1.82) is 0 Å². The molecule has 2 aromatic rings. The average Bonchev–Trinajstić information content (AvgIpc) is 2.47. The molecule has 0 aromatic heterocycles. The van der Waals surface area contributed by atoms with Crippen molar-refractivity contribution < 1.29 is 15.2 Å². The van der Waals surface area contributed by atoms with Crippen molar-refractivity contribution >= 4 is 46.4 Å². The Labute approximate surface area is 155 Å². The van der Waals surface area contributed by atoms with E-state index in [0.29, 0.717) is 38.9 Å². The highest BCUT2D eigenvalue weighted by atomic mass is 35.5. The van der Waals surface area contributed by atoms with Crippen LogP contribution in [-0.4, -0.2) is 24.4 Å². The number of nitrogens with two attached hydrogens (primary N) is 1. The number of quaternary nitrogens is 1. The van der Waals surface area contributed by atoms with E-state index in [1.54, 1.807) is 24.3 Å². The predicted octanol–water partition coefficient (Wildman–Crippen LogP) is 3.80. The Kier molecular flexibility index (Phi) is 7.28. The van der Waals surface area contributed by atoms with Crippen LogP contribution in [0.15, 0.2) is 36.4 Å². The van der Waals surface area contributed by atoms with Crippen LogP contribution in [0, 0.1) is 0 Å². The fraction of sp³-hybridized carbons (Fsp3) is 0.250. The molecule has 0 aliphatic rings. The van der Waals surface area contributed by atoms with Crippen molar-refractivity contribution in [1.82, 2.24) is 0 Å². The Morgan fingerprint density at radius 2 is 1.65 bits per heavy atom. The van der Waals surface area contributed by atoms with E-state index in [2.05, 4.69) is 0 Å². The smallest absolute Gasteiger partial charge is 0.137 e. The van der Waals surface area contributed by atoms with Gasteiger partial charge in [0, 0.05) is 21.7 Å². The van der Waals surface area contributed by atoms with Crippen molar-refractivity contribution in [3.63, 3.8) is 0 Å². The lowest BCUT2D eigenvalue weighted by atomic mass is 10.2. The van der Waals surface area contributed by atoms with Gasteiger partial charge in [0.2, 0.25) is 0 Å². The molecule has 0 saturated heterocycles. The Hall–Kier alpha value is -0.680. The second-order valence-electron chi connectivity index (χ2n) is 5.05. The highest BCUT2D eigenvalue weighted by Crippen LogP contribution is 2.26. The maximum Gasteiger partial charge on any atom is 0.137 e. The summed E-state index contributed by atoms with van der Waals surface area (Å²) in [5.41, 5.74) is 1.00. The molecule has 0 heterocycles. The van der Waals surface area contributed by atoms with Crippen LogP contribution in [0.4, 0.5) is 0 Å². The SMILES string of the molecule is O[C@@H](C[NH2+]Cc1cc(Cl)cc(Cl)c1)COc1ccc(Cl)c(Cl)c1. The van der Waals surface area contributed by atoms with Crippen LogP contribution in [0.3, 0.4) is 0 Å². The van der Waals surface area contributed by atoms with Gasteiger partial charge in [0.25, 0.3) is 0 Å². The molecule has 0 bridgehead atoms. The van der Waals surface area contributed by atoms with Gasteiger partial charge in [-0.25, -0.2) is 0 Å². The lowest BCUT2D eigenvalue weighted by Gasteiger charge is -2.12. The maximum absolute atomic E-state index is 9.95. The Balaban J connectivity index is 1.74. The minimum absolute atomic E-state index is 0.171. The molecule has 23 heavy (non-hydrogen) atoms. The first-order valence-electron chi connectivity index (χ1n) is 6.96. The first-order valence-corrected chi connectivity index (χ1v) is 8.48. The second kappa shape index (κ2) is 8.97. The second-order valence-corrected chi connectivity index (χ2v) is 6.73. The third-order valence-corrected chi connectivity index (χ3v) is 4.25. The molecule has 0 radical (unpaired) electrons. The average molecular weight is 396 g/mol. The van der Waals surface area contributed by atoms with E-state index in [0.717, 1.165) is 5.56 Å². The Morgan fingerprint density at radius 1 is 0.957 bits per heavy atom. The van der Waals surface area contributed by atoms with Crippen molar-refractivity contribution in [2.24, 2.45) is 0 Å². The van der Waals surface area contributed by atoms with Gasteiger partial charge < -0.3 is 15.2 Å². The molecule has 1 atom stereocenters. The zero-order valence-electron chi connectivity index (χ0n) is 12.1. The van der Waals surface area contributed by atoms with Crippen LogP contribution < -0.4 is 10.1 Å². The fourth-order valence-electron chi connectivity index (χ4n) is 2.00. The molecule has 3 nitrogen and oxygen atoms in total. The molecule has 0 aliphatic carbocycles.